The lowest BCUT2D eigenvalue weighted by molar-refractivity contribution is 0.0771. The summed E-state index contributed by atoms with van der Waals surface area (Å²) in [4.78, 5) is 22.0. The van der Waals surface area contributed by atoms with Crippen LogP contribution in [0, 0.1) is 25.2 Å². The van der Waals surface area contributed by atoms with Crippen molar-refractivity contribution in [2.45, 2.75) is 20.3 Å². The maximum atomic E-state index is 12.8. The van der Waals surface area contributed by atoms with Gasteiger partial charge in [-0.25, -0.2) is 4.98 Å². The number of nitriles is 1. The highest BCUT2D eigenvalue weighted by Crippen LogP contribution is 2.23. The van der Waals surface area contributed by atoms with Crippen molar-refractivity contribution in [3.8, 4) is 6.07 Å². The molecule has 1 saturated heterocycles. The number of para-hydroxylation sites is 1. The highest BCUT2D eigenvalue weighted by Gasteiger charge is 2.24. The molecule has 1 aromatic heterocycles. The van der Waals surface area contributed by atoms with E-state index in [-0.39, 0.29) is 5.91 Å². The topological polar surface area (TPSA) is 60.2 Å². The number of amides is 1. The largest absolute Gasteiger partial charge is 0.369 e. The van der Waals surface area contributed by atoms with Crippen molar-refractivity contribution in [1.82, 2.24) is 9.88 Å². The molecule has 124 valence electrons. The number of aromatic nitrogens is 1. The van der Waals surface area contributed by atoms with E-state index in [1.807, 2.05) is 43.0 Å². The molecule has 1 fully saturated rings. The molecule has 0 spiro atoms. The van der Waals surface area contributed by atoms with Gasteiger partial charge in [0.1, 0.15) is 10.9 Å². The van der Waals surface area contributed by atoms with E-state index in [1.54, 1.807) is 0 Å². The minimum Gasteiger partial charge on any atom is -0.369 e. The summed E-state index contributed by atoms with van der Waals surface area (Å²) in [6.07, 6.45) is 0.891. The minimum atomic E-state index is 0.0773. The number of aryl methyl sites for hydroxylation is 2. The average molecular weight is 340 g/mol. The van der Waals surface area contributed by atoms with Gasteiger partial charge in [-0.2, -0.15) is 5.26 Å². The predicted molar refractivity (Wildman–Crippen MR) is 95.5 cm³/mol. The van der Waals surface area contributed by atoms with Crippen LogP contribution in [0.4, 0.5) is 5.69 Å². The van der Waals surface area contributed by atoms with E-state index in [0.717, 1.165) is 47.3 Å². The van der Waals surface area contributed by atoms with Gasteiger partial charge >= 0.3 is 0 Å². The molecule has 3 rings (SSSR count). The van der Waals surface area contributed by atoms with Crippen LogP contribution in [0.15, 0.2) is 24.3 Å². The molecule has 0 aliphatic carbocycles. The molecule has 1 aliphatic heterocycles. The number of rotatable bonds is 2. The molecule has 0 unspecified atom stereocenters. The Morgan fingerprint density at radius 1 is 1.21 bits per heavy atom. The third-order valence-corrected chi connectivity index (χ3v) is 5.31. The Labute approximate surface area is 146 Å². The summed E-state index contributed by atoms with van der Waals surface area (Å²) in [5, 5.41) is 10.2. The van der Waals surface area contributed by atoms with Crippen LogP contribution >= 0.6 is 11.3 Å². The standard InChI is InChI=1S/C18H20N4OS/c1-13-17(24-14(2)20-13)18(23)22-9-5-8-21(10-11-22)16-7-4-3-6-15(16)12-19/h3-4,6-7H,5,8-11H2,1-2H3. The van der Waals surface area contributed by atoms with Gasteiger partial charge < -0.3 is 9.80 Å². The second-order valence-electron chi connectivity index (χ2n) is 5.91. The lowest BCUT2D eigenvalue weighted by atomic mass is 10.1. The molecule has 0 bridgehead atoms. The molecule has 6 heteroatoms. The van der Waals surface area contributed by atoms with Crippen LogP contribution in [-0.4, -0.2) is 42.0 Å². The van der Waals surface area contributed by atoms with Gasteiger partial charge in [-0.15, -0.1) is 11.3 Å². The van der Waals surface area contributed by atoms with Crippen molar-refractivity contribution in [3.05, 3.63) is 45.4 Å². The maximum absolute atomic E-state index is 12.8. The monoisotopic (exact) mass is 340 g/mol. The third-order valence-electron chi connectivity index (χ3n) is 4.25. The lowest BCUT2D eigenvalue weighted by Gasteiger charge is -2.24. The van der Waals surface area contributed by atoms with Gasteiger partial charge in [-0.05, 0) is 32.4 Å². The zero-order valence-electron chi connectivity index (χ0n) is 14.0. The number of hydrogen-bond acceptors (Lipinski definition) is 5. The number of anilines is 1. The van der Waals surface area contributed by atoms with Crippen molar-refractivity contribution < 1.29 is 4.79 Å². The SMILES string of the molecule is Cc1nc(C)c(C(=O)N2CCCN(c3ccccc3C#N)CC2)s1. The highest BCUT2D eigenvalue weighted by atomic mass is 32.1. The van der Waals surface area contributed by atoms with E-state index >= 15 is 0 Å². The van der Waals surface area contributed by atoms with Gasteiger partial charge in [-0.1, -0.05) is 12.1 Å². The van der Waals surface area contributed by atoms with Crippen molar-refractivity contribution in [3.63, 3.8) is 0 Å². The first-order valence-corrected chi connectivity index (χ1v) is 8.89. The van der Waals surface area contributed by atoms with Gasteiger partial charge in [0.2, 0.25) is 0 Å². The van der Waals surface area contributed by atoms with Crippen LogP contribution in [-0.2, 0) is 0 Å². The fourth-order valence-corrected chi connectivity index (χ4v) is 3.97. The molecule has 0 saturated carbocycles. The molecule has 2 heterocycles. The predicted octanol–water partition coefficient (Wildman–Crippen LogP) is 2.98. The van der Waals surface area contributed by atoms with Gasteiger partial charge in [0.05, 0.1) is 22.0 Å². The maximum Gasteiger partial charge on any atom is 0.265 e. The summed E-state index contributed by atoms with van der Waals surface area (Å²) in [6, 6.07) is 9.90. The van der Waals surface area contributed by atoms with E-state index in [2.05, 4.69) is 16.0 Å². The highest BCUT2D eigenvalue weighted by molar-refractivity contribution is 7.13. The summed E-state index contributed by atoms with van der Waals surface area (Å²) in [5.41, 5.74) is 2.46. The van der Waals surface area contributed by atoms with Crippen molar-refractivity contribution in [1.29, 1.82) is 5.26 Å². The first-order valence-electron chi connectivity index (χ1n) is 8.07. The quantitative estimate of drug-likeness (QED) is 0.843. The number of carbonyl (C=O) groups excluding carboxylic acids is 1. The Morgan fingerprint density at radius 3 is 2.71 bits per heavy atom. The van der Waals surface area contributed by atoms with Crippen LogP contribution in [0.3, 0.4) is 0 Å². The molecule has 0 atom stereocenters. The molecule has 1 amide bonds. The van der Waals surface area contributed by atoms with E-state index < -0.39 is 0 Å². The Balaban J connectivity index is 1.75. The van der Waals surface area contributed by atoms with Crippen LogP contribution in [0.1, 0.15) is 32.4 Å². The minimum absolute atomic E-state index is 0.0773. The average Bonchev–Trinajstić information content (AvgIpc) is 2.79. The second-order valence-corrected chi connectivity index (χ2v) is 7.11. The smallest absolute Gasteiger partial charge is 0.265 e. The third kappa shape index (κ3) is 3.26. The van der Waals surface area contributed by atoms with E-state index in [1.165, 1.54) is 11.3 Å². The Bertz CT molecular complexity index is 793. The second kappa shape index (κ2) is 7.02. The van der Waals surface area contributed by atoms with E-state index in [4.69, 9.17) is 0 Å². The number of carbonyl (C=O) groups is 1. The Kier molecular flexibility index (Phi) is 4.81. The van der Waals surface area contributed by atoms with Crippen LogP contribution in [0.2, 0.25) is 0 Å². The van der Waals surface area contributed by atoms with Crippen LogP contribution in [0.25, 0.3) is 0 Å². The van der Waals surface area contributed by atoms with Gasteiger partial charge in [0, 0.05) is 26.2 Å². The van der Waals surface area contributed by atoms with E-state index in [9.17, 15) is 10.1 Å². The lowest BCUT2D eigenvalue weighted by Crippen LogP contribution is -2.35. The van der Waals surface area contributed by atoms with Crippen LogP contribution < -0.4 is 4.90 Å². The Hall–Kier alpha value is -2.39. The first kappa shape index (κ1) is 16.5. The van der Waals surface area contributed by atoms with E-state index in [0.29, 0.717) is 12.1 Å². The van der Waals surface area contributed by atoms with Gasteiger partial charge in [0.25, 0.3) is 5.91 Å². The van der Waals surface area contributed by atoms with Crippen molar-refractivity contribution in [2.75, 3.05) is 31.1 Å². The summed E-state index contributed by atoms with van der Waals surface area (Å²) in [5.74, 6) is 0.0773. The number of thiazole rings is 1. The fraction of sp³-hybridized carbons (Fsp3) is 0.389. The van der Waals surface area contributed by atoms with Crippen LogP contribution in [0.5, 0.6) is 0 Å². The molecular formula is C18H20N4OS. The zero-order valence-corrected chi connectivity index (χ0v) is 14.8. The molecule has 1 aromatic carbocycles. The molecule has 24 heavy (non-hydrogen) atoms. The molecule has 5 nitrogen and oxygen atoms in total. The number of benzene rings is 1. The summed E-state index contributed by atoms with van der Waals surface area (Å²) >= 11 is 1.47. The number of nitrogens with zero attached hydrogens (tertiary/aromatic N) is 4. The summed E-state index contributed by atoms with van der Waals surface area (Å²) in [7, 11) is 0. The van der Waals surface area contributed by atoms with Crippen molar-refractivity contribution >= 4 is 22.9 Å². The Morgan fingerprint density at radius 2 is 2.00 bits per heavy atom. The van der Waals surface area contributed by atoms with Gasteiger partial charge in [-0.3, -0.25) is 4.79 Å². The molecule has 2 aromatic rings. The number of hydrogen-bond donors (Lipinski definition) is 0. The first-order chi connectivity index (χ1) is 11.6. The van der Waals surface area contributed by atoms with Gasteiger partial charge in [0.15, 0.2) is 0 Å². The molecule has 0 radical (unpaired) electrons. The molecule has 0 N–H and O–H groups in total. The molecule has 1 aliphatic rings. The summed E-state index contributed by atoms with van der Waals surface area (Å²) in [6.45, 7) is 6.81. The fourth-order valence-electron chi connectivity index (χ4n) is 3.08. The summed E-state index contributed by atoms with van der Waals surface area (Å²) < 4.78 is 0. The molecular weight excluding hydrogens is 320 g/mol. The zero-order chi connectivity index (χ0) is 17.1. The normalized spacial score (nSPS) is 15.0. The van der Waals surface area contributed by atoms with Crippen molar-refractivity contribution in [2.24, 2.45) is 0 Å².